The maximum atomic E-state index is 5.98. The van der Waals surface area contributed by atoms with Crippen LogP contribution in [0.4, 0.5) is 5.82 Å². The summed E-state index contributed by atoms with van der Waals surface area (Å²) in [4.78, 5) is 8.48. The third-order valence-electron chi connectivity index (χ3n) is 3.31. The Morgan fingerprint density at radius 3 is 3.00 bits per heavy atom. The minimum Gasteiger partial charge on any atom is -0.377 e. The van der Waals surface area contributed by atoms with Gasteiger partial charge in [-0.25, -0.2) is 9.97 Å². The topological polar surface area (TPSA) is 56.3 Å². The van der Waals surface area contributed by atoms with Crippen LogP contribution in [-0.4, -0.2) is 35.3 Å². The maximum Gasteiger partial charge on any atom is 0.158 e. The Morgan fingerprint density at radius 1 is 1.61 bits per heavy atom. The summed E-state index contributed by atoms with van der Waals surface area (Å²) in [5.41, 5.74) is -0.123. The van der Waals surface area contributed by atoms with Gasteiger partial charge in [0, 0.05) is 19.8 Å². The van der Waals surface area contributed by atoms with E-state index in [1.165, 1.54) is 0 Å². The molecule has 1 N–H and O–H groups in total. The lowest BCUT2D eigenvalue weighted by molar-refractivity contribution is 0.105. The highest BCUT2D eigenvalue weighted by Gasteiger charge is 2.37. The third kappa shape index (κ3) is 2.91. The van der Waals surface area contributed by atoms with E-state index in [-0.39, 0.29) is 11.6 Å². The van der Waals surface area contributed by atoms with Crippen LogP contribution in [0.3, 0.4) is 0 Å². The highest BCUT2D eigenvalue weighted by Crippen LogP contribution is 2.29. The van der Waals surface area contributed by atoms with Crippen molar-refractivity contribution >= 4 is 17.4 Å². The van der Waals surface area contributed by atoms with Crippen LogP contribution in [-0.2, 0) is 16.1 Å². The van der Waals surface area contributed by atoms with Crippen LogP contribution in [0.5, 0.6) is 0 Å². The molecule has 0 aliphatic carbocycles. The first kappa shape index (κ1) is 13.5. The number of ether oxygens (including phenoxy) is 2. The van der Waals surface area contributed by atoms with Gasteiger partial charge >= 0.3 is 0 Å². The molecule has 100 valence electrons. The molecule has 0 aromatic carbocycles. The van der Waals surface area contributed by atoms with E-state index < -0.39 is 0 Å². The van der Waals surface area contributed by atoms with Crippen LogP contribution in [0.1, 0.15) is 26.1 Å². The zero-order valence-electron chi connectivity index (χ0n) is 10.9. The van der Waals surface area contributed by atoms with Crippen LogP contribution >= 0.6 is 11.6 Å². The fourth-order valence-corrected chi connectivity index (χ4v) is 2.21. The Morgan fingerprint density at radius 2 is 2.39 bits per heavy atom. The Kier molecular flexibility index (Phi) is 4.04. The van der Waals surface area contributed by atoms with E-state index in [0.717, 1.165) is 13.0 Å². The fraction of sp³-hybridized carbons (Fsp3) is 0.667. The van der Waals surface area contributed by atoms with E-state index in [4.69, 9.17) is 21.1 Å². The van der Waals surface area contributed by atoms with Gasteiger partial charge in [-0.05, 0) is 20.3 Å². The van der Waals surface area contributed by atoms with Gasteiger partial charge in [-0.1, -0.05) is 11.6 Å². The van der Waals surface area contributed by atoms with Gasteiger partial charge < -0.3 is 14.8 Å². The van der Waals surface area contributed by atoms with E-state index in [1.807, 2.05) is 0 Å². The van der Waals surface area contributed by atoms with Gasteiger partial charge in [0.1, 0.15) is 17.6 Å². The molecule has 0 amide bonds. The lowest BCUT2D eigenvalue weighted by Gasteiger charge is -2.29. The molecule has 0 radical (unpaired) electrons. The van der Waals surface area contributed by atoms with Gasteiger partial charge in [0.15, 0.2) is 5.82 Å². The van der Waals surface area contributed by atoms with Crippen molar-refractivity contribution in [2.24, 2.45) is 0 Å². The number of anilines is 1. The van der Waals surface area contributed by atoms with E-state index in [1.54, 1.807) is 13.2 Å². The number of methoxy groups -OCH3 is 1. The molecule has 2 unspecified atom stereocenters. The summed E-state index contributed by atoms with van der Waals surface area (Å²) in [5.74, 6) is 1.28. The van der Waals surface area contributed by atoms with E-state index in [0.29, 0.717) is 23.4 Å². The van der Waals surface area contributed by atoms with Gasteiger partial charge in [0.2, 0.25) is 0 Å². The molecular formula is C12H18ClN3O2. The first-order valence-corrected chi connectivity index (χ1v) is 6.33. The number of nitrogens with zero attached hydrogens (tertiary/aromatic N) is 2. The van der Waals surface area contributed by atoms with Crippen LogP contribution in [0, 0.1) is 0 Å². The number of nitrogens with one attached hydrogen (secondary N) is 1. The molecule has 2 atom stereocenters. The summed E-state index contributed by atoms with van der Waals surface area (Å²) in [6.45, 7) is 5.28. The molecule has 18 heavy (non-hydrogen) atoms. The second-order valence-corrected chi connectivity index (χ2v) is 5.12. The van der Waals surface area contributed by atoms with Crippen molar-refractivity contribution in [3.63, 3.8) is 0 Å². The molecule has 0 bridgehead atoms. The molecule has 6 heteroatoms. The van der Waals surface area contributed by atoms with Gasteiger partial charge in [-0.2, -0.15) is 0 Å². The van der Waals surface area contributed by atoms with Crippen molar-refractivity contribution in [2.75, 3.05) is 19.0 Å². The lowest BCUT2D eigenvalue weighted by Crippen LogP contribution is -2.41. The summed E-state index contributed by atoms with van der Waals surface area (Å²) in [7, 11) is 1.60. The van der Waals surface area contributed by atoms with Crippen molar-refractivity contribution in [1.82, 2.24) is 9.97 Å². The summed E-state index contributed by atoms with van der Waals surface area (Å²) < 4.78 is 10.6. The second-order valence-electron chi connectivity index (χ2n) is 4.73. The smallest absolute Gasteiger partial charge is 0.158 e. The Balaban J connectivity index is 2.18. The molecule has 0 spiro atoms. The van der Waals surface area contributed by atoms with Crippen LogP contribution in [0.2, 0.25) is 5.15 Å². The molecule has 1 aliphatic rings. The maximum absolute atomic E-state index is 5.98. The van der Waals surface area contributed by atoms with Gasteiger partial charge in [-0.3, -0.25) is 0 Å². The molecule has 2 rings (SSSR count). The summed E-state index contributed by atoms with van der Waals surface area (Å²) in [6.07, 6.45) is 1.08. The molecule has 1 aromatic rings. The Bertz CT molecular complexity index is 430. The van der Waals surface area contributed by atoms with Crippen molar-refractivity contribution in [1.29, 1.82) is 0 Å². The van der Waals surface area contributed by atoms with Crippen LogP contribution < -0.4 is 5.32 Å². The number of hydrogen-bond acceptors (Lipinski definition) is 5. The molecular weight excluding hydrogens is 254 g/mol. The normalized spacial score (nSPS) is 27.4. The first-order chi connectivity index (χ1) is 8.53. The fourth-order valence-electron chi connectivity index (χ4n) is 2.01. The summed E-state index contributed by atoms with van der Waals surface area (Å²) in [6, 6.07) is 1.72. The number of halogens is 1. The zero-order valence-corrected chi connectivity index (χ0v) is 11.6. The summed E-state index contributed by atoms with van der Waals surface area (Å²) >= 11 is 5.98. The first-order valence-electron chi connectivity index (χ1n) is 5.96. The molecule has 1 aromatic heterocycles. The van der Waals surface area contributed by atoms with Crippen molar-refractivity contribution in [3.8, 4) is 0 Å². The summed E-state index contributed by atoms with van der Waals surface area (Å²) in [5, 5.41) is 3.80. The molecule has 5 nitrogen and oxygen atoms in total. The highest BCUT2D eigenvalue weighted by atomic mass is 35.5. The molecule has 0 saturated carbocycles. The van der Waals surface area contributed by atoms with Gasteiger partial charge in [-0.15, -0.1) is 0 Å². The minimum atomic E-state index is -0.123. The number of rotatable bonds is 4. The van der Waals surface area contributed by atoms with E-state index in [2.05, 4.69) is 29.1 Å². The number of hydrogen-bond donors (Lipinski definition) is 1. The SMILES string of the molecule is COCc1nc(Cl)cc(NC2(C)CCOC2C)n1. The average Bonchev–Trinajstić information content (AvgIpc) is 2.58. The largest absolute Gasteiger partial charge is 0.377 e. The van der Waals surface area contributed by atoms with Gasteiger partial charge in [0.05, 0.1) is 11.6 Å². The third-order valence-corrected chi connectivity index (χ3v) is 3.51. The van der Waals surface area contributed by atoms with Crippen molar-refractivity contribution in [2.45, 2.75) is 38.5 Å². The zero-order chi connectivity index (χ0) is 13.2. The number of aromatic nitrogens is 2. The van der Waals surface area contributed by atoms with Crippen LogP contribution in [0.25, 0.3) is 0 Å². The average molecular weight is 272 g/mol. The molecule has 1 aliphatic heterocycles. The van der Waals surface area contributed by atoms with E-state index in [9.17, 15) is 0 Å². The highest BCUT2D eigenvalue weighted by molar-refractivity contribution is 6.29. The molecule has 1 fully saturated rings. The predicted octanol–water partition coefficient (Wildman–Crippen LogP) is 2.26. The standard InChI is InChI=1S/C12H18ClN3O2/c1-8-12(2,4-5-18-8)16-10-6-9(13)14-11(15-10)7-17-3/h6,8H,4-5,7H2,1-3H3,(H,14,15,16). The lowest BCUT2D eigenvalue weighted by atomic mass is 9.95. The minimum absolute atomic E-state index is 0.123. The van der Waals surface area contributed by atoms with Gasteiger partial charge in [0.25, 0.3) is 0 Å². The predicted molar refractivity (Wildman–Crippen MR) is 69.8 cm³/mol. The Labute approximate surface area is 112 Å². The quantitative estimate of drug-likeness (QED) is 0.852. The van der Waals surface area contributed by atoms with Crippen LogP contribution in [0.15, 0.2) is 6.07 Å². The van der Waals surface area contributed by atoms with E-state index >= 15 is 0 Å². The Hall–Kier alpha value is -0.910. The molecule has 1 saturated heterocycles. The monoisotopic (exact) mass is 271 g/mol. The molecule has 2 heterocycles. The van der Waals surface area contributed by atoms with Crippen molar-refractivity contribution in [3.05, 3.63) is 17.0 Å². The van der Waals surface area contributed by atoms with Crippen molar-refractivity contribution < 1.29 is 9.47 Å². The second kappa shape index (κ2) is 5.38.